The minimum atomic E-state index is -1.06. The van der Waals surface area contributed by atoms with Crippen LogP contribution in [0, 0.1) is 12.8 Å². The van der Waals surface area contributed by atoms with Gasteiger partial charge in [0.1, 0.15) is 6.04 Å². The van der Waals surface area contributed by atoms with E-state index < -0.39 is 17.9 Å². The van der Waals surface area contributed by atoms with E-state index in [-0.39, 0.29) is 16.6 Å². The van der Waals surface area contributed by atoms with Crippen LogP contribution in [0.25, 0.3) is 0 Å². The molecule has 0 aliphatic carbocycles. The average Bonchev–Trinajstić information content (AvgIpc) is 2.55. The fourth-order valence-electron chi connectivity index (χ4n) is 1.65. The van der Waals surface area contributed by atoms with Crippen molar-refractivity contribution in [2.75, 3.05) is 0 Å². The third kappa shape index (κ3) is 3.70. The lowest BCUT2D eigenvalue weighted by molar-refractivity contribution is -0.139. The number of hydrogen-bond donors (Lipinski definition) is 2. The monoisotopic (exact) mass is 287 g/mol. The van der Waals surface area contributed by atoms with Gasteiger partial charge < -0.3 is 10.4 Å². The Morgan fingerprint density at radius 2 is 2.05 bits per heavy atom. The lowest BCUT2D eigenvalue weighted by atomic mass is 10.0. The molecule has 0 radical (unpaired) electrons. The number of carboxylic acid groups (broad SMARTS) is 1. The first-order valence-electron chi connectivity index (χ1n) is 5.96. The number of nitrogens with zero attached hydrogens (tertiary/aromatic N) is 2. The molecule has 0 aromatic carbocycles. The van der Waals surface area contributed by atoms with Gasteiger partial charge in [-0.25, -0.2) is 4.79 Å². The van der Waals surface area contributed by atoms with Gasteiger partial charge in [-0.1, -0.05) is 25.4 Å². The van der Waals surface area contributed by atoms with Crippen molar-refractivity contribution >= 4 is 23.5 Å². The van der Waals surface area contributed by atoms with Crippen molar-refractivity contribution in [3.63, 3.8) is 0 Å². The molecule has 0 aliphatic heterocycles. The number of aryl methyl sites for hydroxylation is 1. The van der Waals surface area contributed by atoms with Gasteiger partial charge in [0.25, 0.3) is 5.91 Å². The van der Waals surface area contributed by atoms with Gasteiger partial charge in [-0.2, -0.15) is 5.10 Å². The van der Waals surface area contributed by atoms with Crippen LogP contribution in [0.1, 0.15) is 36.5 Å². The molecule has 1 aromatic rings. The van der Waals surface area contributed by atoms with Crippen LogP contribution in [0.15, 0.2) is 0 Å². The summed E-state index contributed by atoms with van der Waals surface area (Å²) in [4.78, 5) is 23.1. The van der Waals surface area contributed by atoms with Crippen LogP contribution in [0.3, 0.4) is 0 Å². The molecule has 0 bridgehead atoms. The van der Waals surface area contributed by atoms with Crippen molar-refractivity contribution in [2.45, 2.75) is 33.2 Å². The summed E-state index contributed by atoms with van der Waals surface area (Å²) >= 11 is 5.99. The Kier molecular flexibility index (Phi) is 4.94. The highest BCUT2D eigenvalue weighted by atomic mass is 35.5. The molecule has 1 heterocycles. The molecule has 19 heavy (non-hydrogen) atoms. The summed E-state index contributed by atoms with van der Waals surface area (Å²) in [6.45, 7) is 5.51. The standard InChI is InChI=1S/C12H18ClN3O3/c1-6(2)5-8(12(18)19)14-11(17)10-9(13)7(3)16(4)15-10/h6,8H,5H2,1-4H3,(H,14,17)(H,18,19)/t8-/m1/s1. The topological polar surface area (TPSA) is 84.2 Å². The predicted octanol–water partition coefficient (Wildman–Crippen LogP) is 1.61. The van der Waals surface area contributed by atoms with Crippen molar-refractivity contribution in [1.82, 2.24) is 15.1 Å². The van der Waals surface area contributed by atoms with Gasteiger partial charge in [-0.15, -0.1) is 0 Å². The lowest BCUT2D eigenvalue weighted by Crippen LogP contribution is -2.41. The van der Waals surface area contributed by atoms with Crippen molar-refractivity contribution in [3.05, 3.63) is 16.4 Å². The molecule has 0 spiro atoms. The fraction of sp³-hybridized carbons (Fsp3) is 0.583. The first-order valence-corrected chi connectivity index (χ1v) is 6.34. The highest BCUT2D eigenvalue weighted by Gasteiger charge is 2.25. The number of hydrogen-bond acceptors (Lipinski definition) is 3. The van der Waals surface area contributed by atoms with Crippen LogP contribution in [-0.2, 0) is 11.8 Å². The molecule has 7 heteroatoms. The number of carboxylic acids is 1. The van der Waals surface area contributed by atoms with Gasteiger partial charge in [0.15, 0.2) is 5.69 Å². The number of amides is 1. The molecule has 2 N–H and O–H groups in total. The first-order chi connectivity index (χ1) is 8.73. The molecular formula is C12H18ClN3O3. The summed E-state index contributed by atoms with van der Waals surface area (Å²) in [6, 6.07) is -0.939. The normalized spacial score (nSPS) is 12.5. The Balaban J connectivity index is 2.88. The highest BCUT2D eigenvalue weighted by Crippen LogP contribution is 2.19. The smallest absolute Gasteiger partial charge is 0.326 e. The van der Waals surface area contributed by atoms with Gasteiger partial charge in [0.2, 0.25) is 0 Å². The maximum Gasteiger partial charge on any atom is 0.326 e. The lowest BCUT2D eigenvalue weighted by Gasteiger charge is -2.15. The van der Waals surface area contributed by atoms with E-state index in [0.717, 1.165) is 0 Å². The van der Waals surface area contributed by atoms with Crippen LogP contribution in [0.2, 0.25) is 5.02 Å². The molecular weight excluding hydrogens is 270 g/mol. The largest absolute Gasteiger partial charge is 0.480 e. The van der Waals surface area contributed by atoms with Gasteiger partial charge >= 0.3 is 5.97 Å². The molecule has 0 saturated carbocycles. The SMILES string of the molecule is Cc1c(Cl)c(C(=O)N[C@H](CC(C)C)C(=O)O)nn1C. The van der Waals surface area contributed by atoms with Crippen LogP contribution < -0.4 is 5.32 Å². The highest BCUT2D eigenvalue weighted by molar-refractivity contribution is 6.34. The molecule has 0 saturated heterocycles. The van der Waals surface area contributed by atoms with Gasteiger partial charge in [0.05, 0.1) is 10.7 Å². The number of rotatable bonds is 5. The number of nitrogens with one attached hydrogen (secondary N) is 1. The summed E-state index contributed by atoms with van der Waals surface area (Å²) in [6.07, 6.45) is 0.352. The van der Waals surface area contributed by atoms with Gasteiger partial charge in [-0.3, -0.25) is 9.48 Å². The summed E-state index contributed by atoms with van der Waals surface area (Å²) in [7, 11) is 1.67. The molecule has 1 rings (SSSR count). The van der Waals surface area contributed by atoms with Crippen molar-refractivity contribution < 1.29 is 14.7 Å². The summed E-state index contributed by atoms with van der Waals surface area (Å²) < 4.78 is 1.48. The predicted molar refractivity (Wildman–Crippen MR) is 71.3 cm³/mol. The van der Waals surface area contributed by atoms with Gasteiger partial charge in [-0.05, 0) is 19.3 Å². The van der Waals surface area contributed by atoms with E-state index >= 15 is 0 Å². The van der Waals surface area contributed by atoms with Crippen molar-refractivity contribution in [2.24, 2.45) is 13.0 Å². The molecule has 0 fully saturated rings. The van der Waals surface area contributed by atoms with E-state index in [0.29, 0.717) is 12.1 Å². The second kappa shape index (κ2) is 6.06. The Bertz CT molecular complexity index is 497. The van der Waals surface area contributed by atoms with Crippen LogP contribution in [-0.4, -0.2) is 32.8 Å². The molecule has 1 amide bonds. The first kappa shape index (κ1) is 15.5. The van der Waals surface area contributed by atoms with Crippen LogP contribution in [0.4, 0.5) is 0 Å². The molecule has 6 nitrogen and oxygen atoms in total. The van der Waals surface area contributed by atoms with Crippen molar-refractivity contribution in [1.29, 1.82) is 0 Å². The molecule has 0 aliphatic rings. The van der Waals surface area contributed by atoms with Crippen molar-refractivity contribution in [3.8, 4) is 0 Å². The third-order valence-corrected chi connectivity index (χ3v) is 3.24. The molecule has 1 aromatic heterocycles. The Labute approximate surface area is 116 Å². The second-order valence-corrected chi connectivity index (χ2v) is 5.24. The summed E-state index contributed by atoms with van der Waals surface area (Å²) in [5.41, 5.74) is 0.708. The van der Waals surface area contributed by atoms with Crippen LogP contribution in [0.5, 0.6) is 0 Å². The van der Waals surface area contributed by atoms with E-state index in [1.807, 2.05) is 13.8 Å². The zero-order chi connectivity index (χ0) is 14.7. The Morgan fingerprint density at radius 1 is 1.47 bits per heavy atom. The third-order valence-electron chi connectivity index (χ3n) is 2.79. The van der Waals surface area contributed by atoms with E-state index in [9.17, 15) is 9.59 Å². The zero-order valence-corrected chi connectivity index (χ0v) is 12.2. The maximum atomic E-state index is 12.0. The Hall–Kier alpha value is -1.56. The number of halogens is 1. The van der Waals surface area contributed by atoms with E-state index in [4.69, 9.17) is 16.7 Å². The van der Waals surface area contributed by atoms with E-state index in [1.165, 1.54) is 4.68 Å². The quantitative estimate of drug-likeness (QED) is 0.862. The average molecular weight is 288 g/mol. The molecule has 1 atom stereocenters. The van der Waals surface area contributed by atoms with E-state index in [2.05, 4.69) is 10.4 Å². The maximum absolute atomic E-state index is 12.0. The van der Waals surface area contributed by atoms with Gasteiger partial charge in [0, 0.05) is 7.05 Å². The molecule has 106 valence electrons. The second-order valence-electron chi connectivity index (χ2n) is 4.87. The summed E-state index contributed by atoms with van der Waals surface area (Å²) in [5.74, 6) is -1.48. The van der Waals surface area contributed by atoms with E-state index in [1.54, 1.807) is 14.0 Å². The number of carbonyl (C=O) groups excluding carboxylic acids is 1. The minimum absolute atomic E-state index is 0.0525. The zero-order valence-electron chi connectivity index (χ0n) is 11.4. The number of carbonyl (C=O) groups is 2. The molecule has 0 unspecified atom stereocenters. The van der Waals surface area contributed by atoms with Crippen LogP contribution >= 0.6 is 11.6 Å². The number of aromatic nitrogens is 2. The summed E-state index contributed by atoms with van der Waals surface area (Å²) in [5, 5.41) is 15.7. The fourth-order valence-corrected chi connectivity index (χ4v) is 1.89. The minimum Gasteiger partial charge on any atom is -0.480 e. The number of aliphatic carboxylic acids is 1. The Morgan fingerprint density at radius 3 is 2.42 bits per heavy atom.